The van der Waals surface area contributed by atoms with Gasteiger partial charge in [-0.25, -0.2) is 9.59 Å². The molecule has 4 rings (SSSR count). The predicted octanol–water partition coefficient (Wildman–Crippen LogP) is 2.69. The van der Waals surface area contributed by atoms with E-state index in [4.69, 9.17) is 19.6 Å². The van der Waals surface area contributed by atoms with Gasteiger partial charge in [0, 0.05) is 11.8 Å². The van der Waals surface area contributed by atoms with Crippen molar-refractivity contribution in [1.29, 1.82) is 5.26 Å². The van der Waals surface area contributed by atoms with Gasteiger partial charge >= 0.3 is 11.9 Å². The molecule has 34 heavy (non-hydrogen) atoms. The molecular formula is C25H19N3O6. The molecule has 2 N–H and O–H groups in total. The summed E-state index contributed by atoms with van der Waals surface area (Å²) in [5.41, 5.74) is 6.95. The van der Waals surface area contributed by atoms with Gasteiger partial charge in [0.05, 0.1) is 49.0 Å². The lowest BCUT2D eigenvalue weighted by molar-refractivity contribution is -0.139. The molecule has 2 aromatic carbocycles. The van der Waals surface area contributed by atoms with Crippen LogP contribution in [-0.4, -0.2) is 26.2 Å². The third-order valence-corrected chi connectivity index (χ3v) is 5.51. The Balaban J connectivity index is 2.08. The number of carbonyl (C=O) groups is 2. The van der Waals surface area contributed by atoms with Crippen LogP contribution in [0, 0.1) is 11.3 Å². The Bertz CT molecular complexity index is 1460. The molecule has 0 saturated heterocycles. The number of benzene rings is 2. The van der Waals surface area contributed by atoms with Crippen molar-refractivity contribution in [1.82, 2.24) is 0 Å². The van der Waals surface area contributed by atoms with Crippen molar-refractivity contribution in [2.45, 2.75) is 5.92 Å². The Morgan fingerprint density at radius 3 is 2.41 bits per heavy atom. The molecule has 9 nitrogen and oxygen atoms in total. The summed E-state index contributed by atoms with van der Waals surface area (Å²) in [6, 6.07) is 16.6. The van der Waals surface area contributed by atoms with Crippen LogP contribution in [0.2, 0.25) is 0 Å². The van der Waals surface area contributed by atoms with E-state index < -0.39 is 17.9 Å². The molecule has 0 saturated carbocycles. The number of nitriles is 1. The molecule has 0 amide bonds. The number of nitrogens with zero attached hydrogens (tertiary/aromatic N) is 2. The Labute approximate surface area is 193 Å². The summed E-state index contributed by atoms with van der Waals surface area (Å²) in [6.07, 6.45) is 1.27. The molecule has 1 aliphatic heterocycles. The first-order chi connectivity index (χ1) is 16.4. The summed E-state index contributed by atoms with van der Waals surface area (Å²) in [6.45, 7) is 0. The highest BCUT2D eigenvalue weighted by molar-refractivity contribution is 6.06. The van der Waals surface area contributed by atoms with Gasteiger partial charge < -0.3 is 19.6 Å². The summed E-state index contributed by atoms with van der Waals surface area (Å²) in [4.78, 5) is 39.7. The number of fused-ring (bicyclic) bond motifs is 1. The fraction of sp³-hybridized carbons (Fsp3) is 0.120. The van der Waals surface area contributed by atoms with Crippen LogP contribution in [0.1, 0.15) is 11.5 Å². The van der Waals surface area contributed by atoms with Gasteiger partial charge in [0.25, 0.3) is 0 Å². The summed E-state index contributed by atoms with van der Waals surface area (Å²) in [7, 11) is 2.33. The summed E-state index contributed by atoms with van der Waals surface area (Å²) in [5, 5.41) is 10.3. The van der Waals surface area contributed by atoms with Crippen LogP contribution in [0.5, 0.6) is 0 Å². The van der Waals surface area contributed by atoms with Gasteiger partial charge in [-0.05, 0) is 23.8 Å². The monoisotopic (exact) mass is 457 g/mol. The lowest BCUT2D eigenvalue weighted by Gasteiger charge is -2.35. The summed E-state index contributed by atoms with van der Waals surface area (Å²) in [5.74, 6) is -2.78. The van der Waals surface area contributed by atoms with Gasteiger partial charge in [0.2, 0.25) is 0 Å². The molecular weight excluding hydrogens is 438 g/mol. The Morgan fingerprint density at radius 1 is 1.06 bits per heavy atom. The van der Waals surface area contributed by atoms with Gasteiger partial charge in [-0.15, -0.1) is 0 Å². The number of allylic oxidation sites excluding steroid dienone is 1. The van der Waals surface area contributed by atoms with E-state index in [1.807, 2.05) is 0 Å². The van der Waals surface area contributed by atoms with E-state index in [2.05, 4.69) is 6.07 Å². The number of hydrogen-bond donors (Lipinski definition) is 1. The largest absolute Gasteiger partial charge is 0.466 e. The van der Waals surface area contributed by atoms with Crippen molar-refractivity contribution in [2.24, 2.45) is 5.73 Å². The van der Waals surface area contributed by atoms with Crippen LogP contribution < -0.4 is 16.1 Å². The Morgan fingerprint density at radius 2 is 1.76 bits per heavy atom. The minimum atomic E-state index is -0.977. The molecule has 0 fully saturated rings. The first-order valence-electron chi connectivity index (χ1n) is 10.1. The minimum absolute atomic E-state index is 0.0273. The first kappa shape index (κ1) is 22.4. The highest BCUT2D eigenvalue weighted by atomic mass is 16.5. The number of esters is 2. The quantitative estimate of drug-likeness (QED) is 0.586. The van der Waals surface area contributed by atoms with Crippen LogP contribution in [0.3, 0.4) is 0 Å². The lowest BCUT2D eigenvalue weighted by Crippen LogP contribution is -2.40. The molecule has 2 heterocycles. The Kier molecular flexibility index (Phi) is 5.89. The van der Waals surface area contributed by atoms with Crippen molar-refractivity contribution in [3.8, 4) is 6.07 Å². The van der Waals surface area contributed by atoms with Crippen molar-refractivity contribution in [3.63, 3.8) is 0 Å². The van der Waals surface area contributed by atoms with Gasteiger partial charge in [-0.1, -0.05) is 30.3 Å². The first-order valence-corrected chi connectivity index (χ1v) is 10.1. The zero-order valence-corrected chi connectivity index (χ0v) is 18.3. The maximum absolute atomic E-state index is 13.1. The van der Waals surface area contributed by atoms with Gasteiger partial charge in [0.1, 0.15) is 17.1 Å². The fourth-order valence-electron chi connectivity index (χ4n) is 3.99. The lowest BCUT2D eigenvalue weighted by atomic mass is 9.81. The molecule has 0 bridgehead atoms. The molecule has 3 aromatic rings. The Hall–Kier alpha value is -4.84. The van der Waals surface area contributed by atoms with Gasteiger partial charge in [0.15, 0.2) is 5.43 Å². The van der Waals surface area contributed by atoms with Crippen LogP contribution in [-0.2, 0) is 19.1 Å². The zero-order chi connectivity index (χ0) is 24.4. The van der Waals surface area contributed by atoms with Gasteiger partial charge in [-0.3, -0.25) is 9.69 Å². The normalized spacial score (nSPS) is 15.8. The van der Waals surface area contributed by atoms with E-state index in [0.29, 0.717) is 11.1 Å². The second-order valence-corrected chi connectivity index (χ2v) is 7.30. The van der Waals surface area contributed by atoms with E-state index in [1.54, 1.807) is 36.4 Å². The molecule has 1 unspecified atom stereocenters. The number of methoxy groups -OCH3 is 2. The third-order valence-electron chi connectivity index (χ3n) is 5.51. The molecule has 170 valence electrons. The van der Waals surface area contributed by atoms with Gasteiger partial charge in [-0.2, -0.15) is 5.26 Å². The number of rotatable bonds is 4. The maximum Gasteiger partial charge on any atom is 0.355 e. The second kappa shape index (κ2) is 8.96. The molecule has 1 aromatic heterocycles. The van der Waals surface area contributed by atoms with Crippen molar-refractivity contribution >= 4 is 28.6 Å². The maximum atomic E-state index is 13.1. The van der Waals surface area contributed by atoms with Crippen LogP contribution in [0.4, 0.5) is 5.69 Å². The zero-order valence-electron chi connectivity index (χ0n) is 18.3. The number of carbonyl (C=O) groups excluding carboxylic acids is 2. The fourth-order valence-corrected chi connectivity index (χ4v) is 3.99. The molecule has 0 radical (unpaired) electrons. The number of nitrogens with two attached hydrogens (primary N) is 1. The number of hydrogen-bond acceptors (Lipinski definition) is 9. The number of ether oxygens (including phenoxy) is 2. The molecule has 9 heteroatoms. The number of anilines is 1. The molecule has 0 spiro atoms. The van der Waals surface area contributed by atoms with E-state index in [9.17, 15) is 19.6 Å². The standard InChI is InChI=1S/C25H19N3O6/c1-32-24(30)21-20(14-6-4-3-5-7-14)17(13-26)23(27)28(22(21)25(31)33-2)15-8-9-19-16(12-15)18(29)10-11-34-19/h3-12,20H,27H2,1-2H3. The predicted molar refractivity (Wildman–Crippen MR) is 122 cm³/mol. The van der Waals surface area contributed by atoms with E-state index >= 15 is 0 Å². The van der Waals surface area contributed by atoms with E-state index in [0.717, 1.165) is 7.11 Å². The van der Waals surface area contributed by atoms with Crippen molar-refractivity contribution < 1.29 is 23.5 Å². The summed E-state index contributed by atoms with van der Waals surface area (Å²) < 4.78 is 15.3. The second-order valence-electron chi connectivity index (χ2n) is 7.30. The average molecular weight is 457 g/mol. The van der Waals surface area contributed by atoms with Crippen molar-refractivity contribution in [3.05, 3.63) is 99.3 Å². The molecule has 1 atom stereocenters. The van der Waals surface area contributed by atoms with Crippen LogP contribution in [0.25, 0.3) is 11.0 Å². The minimum Gasteiger partial charge on any atom is -0.466 e. The molecule has 0 aliphatic carbocycles. The van der Waals surface area contributed by atoms with Crippen molar-refractivity contribution in [2.75, 3.05) is 19.1 Å². The molecule has 1 aliphatic rings. The topological polar surface area (TPSA) is 136 Å². The smallest absolute Gasteiger partial charge is 0.355 e. The summed E-state index contributed by atoms with van der Waals surface area (Å²) >= 11 is 0. The highest BCUT2D eigenvalue weighted by Crippen LogP contribution is 2.43. The van der Waals surface area contributed by atoms with E-state index in [-0.39, 0.29) is 39.2 Å². The van der Waals surface area contributed by atoms with E-state index in [1.165, 1.54) is 36.5 Å². The third kappa shape index (κ3) is 3.57. The SMILES string of the molecule is COC(=O)C1=C(C(=O)OC)N(c2ccc3occc(=O)c3c2)C(N)=C(C#N)C1c1ccccc1. The average Bonchev–Trinajstić information content (AvgIpc) is 2.87. The van der Waals surface area contributed by atoms with Crippen LogP contribution >= 0.6 is 0 Å². The highest BCUT2D eigenvalue weighted by Gasteiger charge is 2.43. The van der Waals surface area contributed by atoms with Crippen LogP contribution in [0.15, 0.2) is 92.7 Å².